The third-order valence-corrected chi connectivity index (χ3v) is 5.08. The van der Waals surface area contributed by atoms with E-state index in [9.17, 15) is 14.4 Å². The molecule has 1 aromatic carbocycles. The predicted octanol–water partition coefficient (Wildman–Crippen LogP) is 1.92. The zero-order chi connectivity index (χ0) is 21.9. The van der Waals surface area contributed by atoms with E-state index in [0.29, 0.717) is 11.5 Å². The molecule has 6 nitrogen and oxygen atoms in total. The van der Waals surface area contributed by atoms with Crippen molar-refractivity contribution in [1.29, 1.82) is 0 Å². The average molecular weight is 408 g/mol. The molecule has 2 rings (SSSR count). The fourth-order valence-corrected chi connectivity index (χ4v) is 3.28. The summed E-state index contributed by atoms with van der Waals surface area (Å²) in [7, 11) is 0. The standard InChI is InChI=1S/C24H29N3O3/c1-3-9-21(22(25)28)27-23(29)17(2)26-24(30)20-14-12-19(13-15-20)16-18-10-7-5-4-6-8-11-18/h1,12-15,17-18,21H,4-7,9-10,16H2,2H3,(H2,25,28)(H,26,30)(H,27,29)/t17-,18?,21?/m0/s1. The first kappa shape index (κ1) is 23.0. The van der Waals surface area contributed by atoms with Gasteiger partial charge in [-0.3, -0.25) is 14.4 Å². The first-order valence-corrected chi connectivity index (χ1v) is 10.3. The average Bonchev–Trinajstić information content (AvgIpc) is 2.69. The molecule has 1 aliphatic rings. The van der Waals surface area contributed by atoms with E-state index < -0.39 is 23.9 Å². The van der Waals surface area contributed by atoms with Crippen molar-refractivity contribution in [2.75, 3.05) is 0 Å². The van der Waals surface area contributed by atoms with Gasteiger partial charge < -0.3 is 16.4 Å². The Kier molecular flexibility index (Phi) is 8.97. The SMILES string of the molecule is C#CCC(NC(=O)[C@H](C)NC(=O)c1ccc(CC2C#CCCCCC2)cc1)C(N)=O. The van der Waals surface area contributed by atoms with Crippen molar-refractivity contribution < 1.29 is 14.4 Å². The highest BCUT2D eigenvalue weighted by atomic mass is 16.2. The summed E-state index contributed by atoms with van der Waals surface area (Å²) in [4.78, 5) is 36.0. The highest BCUT2D eigenvalue weighted by Gasteiger charge is 2.22. The molecule has 0 radical (unpaired) electrons. The van der Waals surface area contributed by atoms with E-state index in [2.05, 4.69) is 28.4 Å². The minimum absolute atomic E-state index is 0.00538. The van der Waals surface area contributed by atoms with Crippen LogP contribution in [-0.2, 0) is 16.0 Å². The van der Waals surface area contributed by atoms with Crippen molar-refractivity contribution in [2.24, 2.45) is 11.7 Å². The Labute approximate surface area is 178 Å². The Bertz CT molecular complexity index is 858. The molecule has 0 aromatic heterocycles. The number of nitrogens with two attached hydrogens (primary N) is 1. The van der Waals surface area contributed by atoms with Gasteiger partial charge in [0.25, 0.3) is 5.91 Å². The molecule has 4 N–H and O–H groups in total. The van der Waals surface area contributed by atoms with Crippen molar-refractivity contribution in [3.05, 3.63) is 35.4 Å². The van der Waals surface area contributed by atoms with Gasteiger partial charge in [0.1, 0.15) is 12.1 Å². The van der Waals surface area contributed by atoms with Crippen LogP contribution < -0.4 is 16.4 Å². The highest BCUT2D eigenvalue weighted by Crippen LogP contribution is 2.18. The van der Waals surface area contributed by atoms with Gasteiger partial charge in [0, 0.05) is 24.3 Å². The Hall–Kier alpha value is -3.25. The van der Waals surface area contributed by atoms with E-state index in [1.54, 1.807) is 12.1 Å². The first-order valence-electron chi connectivity index (χ1n) is 10.3. The molecule has 0 heterocycles. The number of hydrogen-bond donors (Lipinski definition) is 3. The second kappa shape index (κ2) is 11.7. The van der Waals surface area contributed by atoms with Gasteiger partial charge in [-0.05, 0) is 43.9 Å². The van der Waals surface area contributed by atoms with E-state index in [-0.39, 0.29) is 12.3 Å². The minimum atomic E-state index is -0.961. The highest BCUT2D eigenvalue weighted by molar-refractivity contribution is 5.98. The lowest BCUT2D eigenvalue weighted by Crippen LogP contribution is -2.51. The van der Waals surface area contributed by atoms with Crippen LogP contribution >= 0.6 is 0 Å². The van der Waals surface area contributed by atoms with E-state index in [1.807, 2.05) is 12.1 Å². The van der Waals surface area contributed by atoms with E-state index in [1.165, 1.54) is 26.2 Å². The number of hydrogen-bond acceptors (Lipinski definition) is 3. The molecule has 1 aliphatic carbocycles. The minimum Gasteiger partial charge on any atom is -0.368 e. The zero-order valence-electron chi connectivity index (χ0n) is 17.4. The van der Waals surface area contributed by atoms with Crippen molar-refractivity contribution in [3.8, 4) is 24.2 Å². The van der Waals surface area contributed by atoms with Gasteiger partial charge in [-0.1, -0.05) is 30.9 Å². The maximum absolute atomic E-state index is 12.5. The van der Waals surface area contributed by atoms with Crippen molar-refractivity contribution in [1.82, 2.24) is 10.6 Å². The summed E-state index contributed by atoms with van der Waals surface area (Å²) in [5, 5.41) is 5.08. The smallest absolute Gasteiger partial charge is 0.251 e. The number of carbonyl (C=O) groups is 3. The number of terminal acetylenes is 1. The van der Waals surface area contributed by atoms with Gasteiger partial charge >= 0.3 is 0 Å². The number of nitrogens with one attached hydrogen (secondary N) is 2. The summed E-state index contributed by atoms with van der Waals surface area (Å²) in [6, 6.07) is 5.54. The molecule has 2 unspecified atom stereocenters. The van der Waals surface area contributed by atoms with Crippen LogP contribution in [-0.4, -0.2) is 29.8 Å². The molecule has 30 heavy (non-hydrogen) atoms. The number of benzene rings is 1. The summed E-state index contributed by atoms with van der Waals surface area (Å²) < 4.78 is 0. The number of amides is 3. The maximum atomic E-state index is 12.5. The normalized spacial score (nSPS) is 17.7. The molecule has 1 aromatic rings. The van der Waals surface area contributed by atoms with Crippen LogP contribution in [0.1, 0.15) is 61.4 Å². The lowest BCUT2D eigenvalue weighted by atomic mass is 9.92. The van der Waals surface area contributed by atoms with Crippen LogP contribution in [0.25, 0.3) is 0 Å². The molecule has 3 amide bonds. The third kappa shape index (κ3) is 7.29. The molecule has 158 valence electrons. The van der Waals surface area contributed by atoms with Gasteiger partial charge in [0.15, 0.2) is 0 Å². The van der Waals surface area contributed by atoms with Crippen LogP contribution in [0.3, 0.4) is 0 Å². The number of rotatable bonds is 8. The van der Waals surface area contributed by atoms with Crippen LogP contribution in [0.4, 0.5) is 0 Å². The fourth-order valence-electron chi connectivity index (χ4n) is 3.28. The van der Waals surface area contributed by atoms with Crippen LogP contribution in [0.15, 0.2) is 24.3 Å². The Morgan fingerprint density at radius 1 is 1.20 bits per heavy atom. The molecule has 0 bridgehead atoms. The molecule has 0 fully saturated rings. The summed E-state index contributed by atoms with van der Waals surface area (Å²) in [6.45, 7) is 1.53. The molecule has 0 spiro atoms. The first-order chi connectivity index (χ1) is 14.4. The summed E-state index contributed by atoms with van der Waals surface area (Å²) in [5.74, 6) is 7.64. The van der Waals surface area contributed by atoms with Crippen molar-refractivity contribution in [2.45, 2.75) is 64.0 Å². The van der Waals surface area contributed by atoms with Gasteiger partial charge in [-0.2, -0.15) is 0 Å². The lowest BCUT2D eigenvalue weighted by Gasteiger charge is -2.18. The lowest BCUT2D eigenvalue weighted by molar-refractivity contribution is -0.128. The van der Waals surface area contributed by atoms with E-state index >= 15 is 0 Å². The van der Waals surface area contributed by atoms with Crippen molar-refractivity contribution >= 4 is 17.7 Å². The van der Waals surface area contributed by atoms with Crippen LogP contribution in [0.5, 0.6) is 0 Å². The number of carbonyl (C=O) groups excluding carboxylic acids is 3. The largest absolute Gasteiger partial charge is 0.368 e. The second-order valence-corrected chi connectivity index (χ2v) is 7.59. The molecular weight excluding hydrogens is 378 g/mol. The zero-order valence-corrected chi connectivity index (χ0v) is 17.4. The Morgan fingerprint density at radius 3 is 2.60 bits per heavy atom. The quantitative estimate of drug-likeness (QED) is 0.574. The van der Waals surface area contributed by atoms with Gasteiger partial charge in [0.2, 0.25) is 11.8 Å². The van der Waals surface area contributed by atoms with Crippen LogP contribution in [0.2, 0.25) is 0 Å². The monoisotopic (exact) mass is 407 g/mol. The third-order valence-electron chi connectivity index (χ3n) is 5.08. The summed E-state index contributed by atoms with van der Waals surface area (Å²) in [5.41, 5.74) is 6.81. The maximum Gasteiger partial charge on any atom is 0.251 e. The van der Waals surface area contributed by atoms with E-state index in [0.717, 1.165) is 24.8 Å². The number of primary amides is 1. The fraction of sp³-hybridized carbons (Fsp3) is 0.458. The second-order valence-electron chi connectivity index (χ2n) is 7.59. The van der Waals surface area contributed by atoms with Gasteiger partial charge in [0.05, 0.1) is 0 Å². The Morgan fingerprint density at radius 2 is 1.93 bits per heavy atom. The molecule has 0 saturated heterocycles. The summed E-state index contributed by atoms with van der Waals surface area (Å²) >= 11 is 0. The molecular formula is C24H29N3O3. The molecule has 3 atom stereocenters. The topological polar surface area (TPSA) is 101 Å². The van der Waals surface area contributed by atoms with Gasteiger partial charge in [-0.15, -0.1) is 18.3 Å². The summed E-state index contributed by atoms with van der Waals surface area (Å²) in [6.07, 6.45) is 11.8. The molecule has 0 saturated carbocycles. The van der Waals surface area contributed by atoms with Crippen molar-refractivity contribution in [3.63, 3.8) is 0 Å². The van der Waals surface area contributed by atoms with Gasteiger partial charge in [-0.25, -0.2) is 0 Å². The molecule has 6 heteroatoms. The Balaban J connectivity index is 1.91. The molecule has 0 aliphatic heterocycles. The predicted molar refractivity (Wildman–Crippen MR) is 116 cm³/mol. The van der Waals surface area contributed by atoms with Crippen LogP contribution in [0, 0.1) is 30.1 Å². The van der Waals surface area contributed by atoms with E-state index in [4.69, 9.17) is 12.2 Å².